The Morgan fingerprint density at radius 1 is 1.23 bits per heavy atom. The highest BCUT2D eigenvalue weighted by atomic mass is 16.5. The lowest BCUT2D eigenvalue weighted by Crippen LogP contribution is -2.43. The first kappa shape index (κ1) is 23.5. The fourth-order valence-corrected chi connectivity index (χ4v) is 2.89. The van der Waals surface area contributed by atoms with Gasteiger partial charge in [0.15, 0.2) is 0 Å². The number of aromatic nitrogens is 2. The molecule has 0 bridgehead atoms. The highest BCUT2D eigenvalue weighted by Gasteiger charge is 2.32. The van der Waals surface area contributed by atoms with Crippen LogP contribution in [0.15, 0.2) is 36.9 Å². The second-order valence-corrected chi connectivity index (χ2v) is 6.77. The van der Waals surface area contributed by atoms with Gasteiger partial charge in [-0.15, -0.1) is 0 Å². The molecule has 2 atom stereocenters. The summed E-state index contributed by atoms with van der Waals surface area (Å²) in [4.78, 5) is 43.9. The summed E-state index contributed by atoms with van der Waals surface area (Å²) in [7, 11) is 1.44. The van der Waals surface area contributed by atoms with Gasteiger partial charge in [-0.2, -0.15) is 0 Å². The van der Waals surface area contributed by atoms with Gasteiger partial charge in [0.25, 0.3) is 0 Å². The van der Waals surface area contributed by atoms with E-state index in [0.717, 1.165) is 0 Å². The van der Waals surface area contributed by atoms with Gasteiger partial charge in [0.2, 0.25) is 5.78 Å². The quantitative estimate of drug-likeness (QED) is 0.292. The monoisotopic (exact) mass is 425 g/mol. The van der Waals surface area contributed by atoms with Gasteiger partial charge in [-0.25, -0.2) is 9.97 Å². The predicted octanol–water partition coefficient (Wildman–Crippen LogP) is 1.33. The normalized spacial score (nSPS) is 12.4. The van der Waals surface area contributed by atoms with E-state index in [-0.39, 0.29) is 30.1 Å². The molecule has 1 aromatic heterocycles. The van der Waals surface area contributed by atoms with E-state index in [2.05, 4.69) is 15.3 Å². The Balaban J connectivity index is 2.40. The number of ether oxygens (including phenoxy) is 1. The number of carbonyl (C=O) groups is 3. The largest absolute Gasteiger partial charge is 0.497 e. The first-order valence-corrected chi connectivity index (χ1v) is 9.25. The van der Waals surface area contributed by atoms with Crippen LogP contribution in [0.3, 0.4) is 0 Å². The van der Waals surface area contributed by atoms with E-state index in [0.29, 0.717) is 23.3 Å². The van der Waals surface area contributed by atoms with E-state index >= 15 is 0 Å². The van der Waals surface area contributed by atoms with Crippen LogP contribution in [0.25, 0.3) is 0 Å². The Bertz CT molecular complexity index is 971. The first-order chi connectivity index (χ1) is 14.8. The van der Waals surface area contributed by atoms with Crippen molar-refractivity contribution in [3.8, 4) is 5.75 Å². The molecule has 31 heavy (non-hydrogen) atoms. The average molecular weight is 425 g/mol. The summed E-state index contributed by atoms with van der Waals surface area (Å²) >= 11 is 0. The molecule has 162 valence electrons. The molecule has 1 aromatic carbocycles. The van der Waals surface area contributed by atoms with Crippen molar-refractivity contribution in [1.29, 1.82) is 10.8 Å². The number of carbonyl (C=O) groups excluding carboxylic acids is 3. The molecule has 0 saturated heterocycles. The third-order valence-corrected chi connectivity index (χ3v) is 4.40. The Kier molecular flexibility index (Phi) is 8.21. The summed E-state index contributed by atoms with van der Waals surface area (Å²) in [5, 5.41) is 28.8. The molecule has 2 aromatic rings. The number of hydrogen-bond acceptors (Lipinski definition) is 10. The van der Waals surface area contributed by atoms with Crippen molar-refractivity contribution in [2.24, 2.45) is 0 Å². The van der Waals surface area contributed by atoms with Gasteiger partial charge in [0.1, 0.15) is 30.2 Å². The van der Waals surface area contributed by atoms with Crippen LogP contribution in [0.1, 0.15) is 30.4 Å². The summed E-state index contributed by atoms with van der Waals surface area (Å²) in [6, 6.07) is 3.33. The zero-order chi connectivity index (χ0) is 23.0. The van der Waals surface area contributed by atoms with Gasteiger partial charge in [-0.05, 0) is 24.6 Å². The lowest BCUT2D eigenvalue weighted by Gasteiger charge is -2.22. The van der Waals surface area contributed by atoms with Crippen LogP contribution in [0, 0.1) is 10.8 Å². The Hall–Kier alpha value is -3.79. The highest BCUT2D eigenvalue weighted by Crippen LogP contribution is 2.23. The summed E-state index contributed by atoms with van der Waals surface area (Å²) in [6.45, 7) is 0.999. The molecule has 0 aliphatic heterocycles. The number of rotatable bonds is 12. The molecule has 0 aliphatic carbocycles. The van der Waals surface area contributed by atoms with Crippen LogP contribution in [-0.4, -0.2) is 57.5 Å². The summed E-state index contributed by atoms with van der Waals surface area (Å²) in [6.07, 6.45) is 4.03. The standard InChI is InChI=1S/C21H23N5O5/c1-12(29)3-18(22)20(26-15-4-13(9-27)5-16(6-15)31-2)21(30)19(23)17(10-28)14-7-24-11-25-8-14/h4-8,10-11,17,20,22-23,26-27H,3,9H2,1-2H3. The smallest absolute Gasteiger partial charge is 0.205 e. The number of nitrogens with zero attached hydrogens (tertiary/aromatic N) is 2. The predicted molar refractivity (Wildman–Crippen MR) is 113 cm³/mol. The van der Waals surface area contributed by atoms with Crippen molar-refractivity contribution in [2.45, 2.75) is 31.9 Å². The first-order valence-electron chi connectivity index (χ1n) is 9.25. The number of methoxy groups -OCH3 is 1. The van der Waals surface area contributed by atoms with E-state index in [1.807, 2.05) is 0 Å². The number of aliphatic hydroxyl groups is 1. The SMILES string of the molecule is COc1cc(CO)cc(NC(C(=N)CC(C)=O)C(=O)C(=N)C(C=O)c2cncnc2)c1. The molecule has 0 aliphatic rings. The molecule has 0 amide bonds. The van der Waals surface area contributed by atoms with Crippen LogP contribution in [0.4, 0.5) is 5.69 Å². The molecule has 0 radical (unpaired) electrons. The molecule has 0 spiro atoms. The van der Waals surface area contributed by atoms with E-state index in [9.17, 15) is 19.5 Å². The van der Waals surface area contributed by atoms with Crippen LogP contribution >= 0.6 is 0 Å². The maximum absolute atomic E-state index is 13.1. The number of benzene rings is 1. The molecule has 2 rings (SSSR count). The van der Waals surface area contributed by atoms with Crippen molar-refractivity contribution in [1.82, 2.24) is 9.97 Å². The topological polar surface area (TPSA) is 166 Å². The fraction of sp³-hybridized carbons (Fsp3) is 0.286. The number of nitrogens with one attached hydrogen (secondary N) is 3. The maximum atomic E-state index is 13.1. The molecule has 2 unspecified atom stereocenters. The average Bonchev–Trinajstić information content (AvgIpc) is 2.77. The maximum Gasteiger partial charge on any atom is 0.205 e. The molecule has 0 fully saturated rings. The van der Waals surface area contributed by atoms with Gasteiger partial charge in [0, 0.05) is 41.8 Å². The van der Waals surface area contributed by atoms with Crippen LogP contribution < -0.4 is 10.1 Å². The molecule has 1 heterocycles. The molecular formula is C21H23N5O5. The Morgan fingerprint density at radius 2 is 1.90 bits per heavy atom. The summed E-state index contributed by atoms with van der Waals surface area (Å²) in [5.41, 5.74) is 0.268. The summed E-state index contributed by atoms with van der Waals surface area (Å²) in [5.74, 6) is -2.00. The minimum Gasteiger partial charge on any atom is -0.497 e. The van der Waals surface area contributed by atoms with Gasteiger partial charge < -0.3 is 30.8 Å². The van der Waals surface area contributed by atoms with Gasteiger partial charge >= 0.3 is 0 Å². The molecule has 4 N–H and O–H groups in total. The van der Waals surface area contributed by atoms with Crippen LogP contribution in [0.5, 0.6) is 5.75 Å². The molecule has 10 nitrogen and oxygen atoms in total. The third kappa shape index (κ3) is 6.09. The lowest BCUT2D eigenvalue weighted by atomic mass is 9.89. The number of Topliss-reactive ketones (excluding diaryl/α,β-unsaturated/α-hetero) is 2. The van der Waals surface area contributed by atoms with Crippen molar-refractivity contribution in [3.63, 3.8) is 0 Å². The van der Waals surface area contributed by atoms with Gasteiger partial charge in [-0.1, -0.05) is 0 Å². The zero-order valence-corrected chi connectivity index (χ0v) is 17.1. The Labute approximate surface area is 178 Å². The van der Waals surface area contributed by atoms with Gasteiger partial charge in [-0.3, -0.25) is 9.59 Å². The van der Waals surface area contributed by atoms with Crippen LogP contribution in [-0.2, 0) is 21.0 Å². The van der Waals surface area contributed by atoms with E-state index in [1.54, 1.807) is 18.2 Å². The fourth-order valence-electron chi connectivity index (χ4n) is 2.89. The zero-order valence-electron chi connectivity index (χ0n) is 17.1. The third-order valence-electron chi connectivity index (χ3n) is 4.40. The molecule has 0 saturated carbocycles. The summed E-state index contributed by atoms with van der Waals surface area (Å²) < 4.78 is 5.18. The Morgan fingerprint density at radius 3 is 2.45 bits per heavy atom. The van der Waals surface area contributed by atoms with E-state index < -0.39 is 23.5 Å². The number of ketones is 2. The number of hydrogen-bond donors (Lipinski definition) is 4. The number of aldehydes is 1. The van der Waals surface area contributed by atoms with Crippen molar-refractivity contribution in [3.05, 3.63) is 48.0 Å². The number of anilines is 1. The lowest BCUT2D eigenvalue weighted by molar-refractivity contribution is -0.116. The van der Waals surface area contributed by atoms with Crippen molar-refractivity contribution >= 4 is 35.0 Å². The van der Waals surface area contributed by atoms with E-state index in [4.69, 9.17) is 15.6 Å². The van der Waals surface area contributed by atoms with Crippen molar-refractivity contribution < 1.29 is 24.2 Å². The second kappa shape index (κ2) is 10.8. The minimum absolute atomic E-state index is 0.260. The van der Waals surface area contributed by atoms with Crippen LogP contribution in [0.2, 0.25) is 0 Å². The molecular weight excluding hydrogens is 402 g/mol. The molecule has 10 heteroatoms. The van der Waals surface area contributed by atoms with E-state index in [1.165, 1.54) is 32.8 Å². The highest BCUT2D eigenvalue weighted by molar-refractivity contribution is 6.49. The number of aliphatic hydroxyl groups excluding tert-OH is 1. The van der Waals surface area contributed by atoms with Crippen molar-refractivity contribution in [2.75, 3.05) is 12.4 Å². The van der Waals surface area contributed by atoms with Gasteiger partial charge in [0.05, 0.1) is 25.3 Å². The second-order valence-electron chi connectivity index (χ2n) is 6.77. The minimum atomic E-state index is -1.37.